The van der Waals surface area contributed by atoms with Crippen LogP contribution in [0.2, 0.25) is 0 Å². The van der Waals surface area contributed by atoms with Gasteiger partial charge in [-0.2, -0.15) is 0 Å². The van der Waals surface area contributed by atoms with Gasteiger partial charge >= 0.3 is 0 Å². The Morgan fingerprint density at radius 2 is 1.75 bits per heavy atom. The van der Waals surface area contributed by atoms with Gasteiger partial charge in [-0.3, -0.25) is 4.79 Å². The van der Waals surface area contributed by atoms with Crippen LogP contribution in [0.4, 0.5) is 10.1 Å². The molecule has 0 unspecified atom stereocenters. The van der Waals surface area contributed by atoms with Gasteiger partial charge in [-0.05, 0) is 30.3 Å². The zero-order valence-electron chi connectivity index (χ0n) is 12.8. The van der Waals surface area contributed by atoms with Gasteiger partial charge in [0.25, 0.3) is 5.91 Å². The number of carbonyl (C=O) groups excluding carboxylic acids is 1. The summed E-state index contributed by atoms with van der Waals surface area (Å²) in [5, 5.41) is 2.78. The number of pyridine rings is 1. The van der Waals surface area contributed by atoms with Crippen LogP contribution in [0.15, 0.2) is 72.9 Å². The largest absolute Gasteiger partial charge is 0.472 e. The summed E-state index contributed by atoms with van der Waals surface area (Å²) in [6.07, 6.45) is 1.52. The lowest BCUT2D eigenvalue weighted by Gasteiger charge is -2.11. The third-order valence-corrected chi connectivity index (χ3v) is 3.37. The molecule has 5 heteroatoms. The fourth-order valence-electron chi connectivity index (χ4n) is 2.16. The lowest BCUT2D eigenvalue weighted by atomic mass is 10.2. The van der Waals surface area contributed by atoms with Crippen molar-refractivity contribution in [2.24, 2.45) is 0 Å². The van der Waals surface area contributed by atoms with E-state index in [1.165, 1.54) is 12.3 Å². The quantitative estimate of drug-likeness (QED) is 0.771. The predicted molar refractivity (Wildman–Crippen MR) is 89.4 cm³/mol. The van der Waals surface area contributed by atoms with Crippen LogP contribution >= 0.6 is 0 Å². The van der Waals surface area contributed by atoms with Gasteiger partial charge in [-0.25, -0.2) is 9.37 Å². The first-order valence-corrected chi connectivity index (χ1v) is 7.41. The van der Waals surface area contributed by atoms with Gasteiger partial charge in [-0.15, -0.1) is 0 Å². The average molecular weight is 322 g/mol. The fourth-order valence-corrected chi connectivity index (χ4v) is 2.16. The molecule has 0 aliphatic heterocycles. The third kappa shape index (κ3) is 3.76. The molecule has 2 aromatic carbocycles. The second kappa shape index (κ2) is 7.37. The van der Waals surface area contributed by atoms with E-state index < -0.39 is 0 Å². The van der Waals surface area contributed by atoms with Crippen molar-refractivity contribution in [2.45, 2.75) is 6.61 Å². The third-order valence-electron chi connectivity index (χ3n) is 3.37. The van der Waals surface area contributed by atoms with E-state index in [2.05, 4.69) is 10.3 Å². The van der Waals surface area contributed by atoms with Crippen LogP contribution in [0.3, 0.4) is 0 Å². The molecule has 0 bridgehead atoms. The molecule has 0 atom stereocenters. The summed E-state index contributed by atoms with van der Waals surface area (Å²) in [4.78, 5) is 16.5. The van der Waals surface area contributed by atoms with Crippen LogP contribution in [-0.4, -0.2) is 10.9 Å². The number of aromatic nitrogens is 1. The van der Waals surface area contributed by atoms with Crippen LogP contribution in [0, 0.1) is 5.82 Å². The molecule has 4 nitrogen and oxygen atoms in total. The maximum atomic E-state index is 13.7. The molecule has 3 rings (SSSR count). The van der Waals surface area contributed by atoms with E-state index in [4.69, 9.17) is 4.74 Å². The molecule has 0 spiro atoms. The molecule has 0 fully saturated rings. The first-order chi connectivity index (χ1) is 11.7. The first kappa shape index (κ1) is 15.7. The normalized spacial score (nSPS) is 10.2. The fraction of sp³-hybridized carbons (Fsp3) is 0.0526. The van der Waals surface area contributed by atoms with Crippen molar-refractivity contribution >= 4 is 11.6 Å². The van der Waals surface area contributed by atoms with Gasteiger partial charge in [0.15, 0.2) is 0 Å². The standard InChI is InChI=1S/C19H15FN2O2/c20-17-11-5-4-7-14(17)13-24-19-16(10-6-12-21-19)18(23)22-15-8-2-1-3-9-15/h1-12H,13H2,(H,22,23). The Balaban J connectivity index is 1.75. The summed E-state index contributed by atoms with van der Waals surface area (Å²) in [6, 6.07) is 18.7. The molecule has 24 heavy (non-hydrogen) atoms. The molecular formula is C19H15FN2O2. The predicted octanol–water partition coefficient (Wildman–Crippen LogP) is 4.05. The summed E-state index contributed by atoms with van der Waals surface area (Å²) in [6.45, 7) is -0.00466. The van der Waals surface area contributed by atoms with E-state index in [1.807, 2.05) is 18.2 Å². The van der Waals surface area contributed by atoms with E-state index in [0.29, 0.717) is 11.3 Å². The van der Waals surface area contributed by atoms with E-state index in [9.17, 15) is 9.18 Å². The molecule has 0 saturated carbocycles. The average Bonchev–Trinajstić information content (AvgIpc) is 2.62. The maximum absolute atomic E-state index is 13.7. The SMILES string of the molecule is O=C(Nc1ccccc1)c1cccnc1OCc1ccccc1F. The number of ether oxygens (including phenoxy) is 1. The smallest absolute Gasteiger partial charge is 0.261 e. The highest BCUT2D eigenvalue weighted by Crippen LogP contribution is 2.19. The highest BCUT2D eigenvalue weighted by Gasteiger charge is 2.14. The number of amides is 1. The molecule has 1 N–H and O–H groups in total. The Bertz CT molecular complexity index is 838. The Labute approximate surface area is 138 Å². The van der Waals surface area contributed by atoms with E-state index in [-0.39, 0.29) is 29.8 Å². The Morgan fingerprint density at radius 3 is 2.54 bits per heavy atom. The Hall–Kier alpha value is -3.21. The maximum Gasteiger partial charge on any atom is 0.261 e. The number of benzene rings is 2. The minimum absolute atomic E-state index is 0.00466. The van der Waals surface area contributed by atoms with Crippen molar-refractivity contribution in [2.75, 3.05) is 5.32 Å². The van der Waals surface area contributed by atoms with Crippen molar-refractivity contribution in [1.82, 2.24) is 4.98 Å². The molecule has 1 aromatic heterocycles. The van der Waals surface area contributed by atoms with Crippen LogP contribution < -0.4 is 10.1 Å². The van der Waals surface area contributed by atoms with Crippen LogP contribution in [0.5, 0.6) is 5.88 Å². The summed E-state index contributed by atoms with van der Waals surface area (Å²) in [5.74, 6) is -0.532. The van der Waals surface area contributed by atoms with Gasteiger partial charge < -0.3 is 10.1 Å². The van der Waals surface area contributed by atoms with E-state index in [1.54, 1.807) is 42.5 Å². The van der Waals surface area contributed by atoms with E-state index in [0.717, 1.165) is 0 Å². The number of rotatable bonds is 5. The van der Waals surface area contributed by atoms with Gasteiger partial charge in [-0.1, -0.05) is 36.4 Å². The van der Waals surface area contributed by atoms with Gasteiger partial charge in [0.1, 0.15) is 18.0 Å². The number of nitrogens with zero attached hydrogens (tertiary/aromatic N) is 1. The number of carbonyl (C=O) groups is 1. The number of para-hydroxylation sites is 1. The van der Waals surface area contributed by atoms with Gasteiger partial charge in [0.2, 0.25) is 5.88 Å². The Morgan fingerprint density at radius 1 is 1.00 bits per heavy atom. The number of anilines is 1. The molecule has 0 radical (unpaired) electrons. The Kier molecular flexibility index (Phi) is 4.81. The topological polar surface area (TPSA) is 51.2 Å². The highest BCUT2D eigenvalue weighted by atomic mass is 19.1. The van der Waals surface area contributed by atoms with Crippen LogP contribution in [0.25, 0.3) is 0 Å². The summed E-state index contributed by atoms with van der Waals surface area (Å²) in [7, 11) is 0. The molecule has 0 aliphatic carbocycles. The molecular weight excluding hydrogens is 307 g/mol. The molecule has 1 amide bonds. The van der Waals surface area contributed by atoms with Crippen LogP contribution in [-0.2, 0) is 6.61 Å². The molecule has 3 aromatic rings. The van der Waals surface area contributed by atoms with Crippen molar-refractivity contribution < 1.29 is 13.9 Å². The highest BCUT2D eigenvalue weighted by molar-refractivity contribution is 6.05. The number of hydrogen-bond donors (Lipinski definition) is 1. The number of hydrogen-bond acceptors (Lipinski definition) is 3. The first-order valence-electron chi connectivity index (χ1n) is 7.41. The number of nitrogens with one attached hydrogen (secondary N) is 1. The molecule has 120 valence electrons. The van der Waals surface area contributed by atoms with Crippen molar-refractivity contribution in [1.29, 1.82) is 0 Å². The minimum atomic E-state index is -0.358. The summed E-state index contributed by atoms with van der Waals surface area (Å²) < 4.78 is 19.2. The zero-order valence-corrected chi connectivity index (χ0v) is 12.8. The summed E-state index contributed by atoms with van der Waals surface area (Å²) in [5.41, 5.74) is 1.36. The van der Waals surface area contributed by atoms with Gasteiger partial charge in [0.05, 0.1) is 0 Å². The number of halogens is 1. The van der Waals surface area contributed by atoms with E-state index >= 15 is 0 Å². The second-order valence-corrected chi connectivity index (χ2v) is 5.06. The molecule has 1 heterocycles. The van der Waals surface area contributed by atoms with Crippen molar-refractivity contribution in [3.8, 4) is 5.88 Å². The lowest BCUT2D eigenvalue weighted by molar-refractivity contribution is 0.102. The lowest BCUT2D eigenvalue weighted by Crippen LogP contribution is -2.14. The molecule has 0 aliphatic rings. The molecule has 0 saturated heterocycles. The minimum Gasteiger partial charge on any atom is -0.472 e. The van der Waals surface area contributed by atoms with Crippen LogP contribution in [0.1, 0.15) is 15.9 Å². The van der Waals surface area contributed by atoms with Crippen molar-refractivity contribution in [3.63, 3.8) is 0 Å². The van der Waals surface area contributed by atoms with Crippen molar-refractivity contribution in [3.05, 3.63) is 89.9 Å². The second-order valence-electron chi connectivity index (χ2n) is 5.06. The zero-order chi connectivity index (χ0) is 16.8. The monoisotopic (exact) mass is 322 g/mol. The summed E-state index contributed by atoms with van der Waals surface area (Å²) >= 11 is 0. The van der Waals surface area contributed by atoms with Gasteiger partial charge in [0, 0.05) is 17.4 Å².